The molecule has 1 aromatic carbocycles. The van der Waals surface area contributed by atoms with Crippen molar-refractivity contribution in [2.75, 3.05) is 0 Å². The number of nitrogens with zero attached hydrogens (tertiary/aromatic N) is 2. The van der Waals surface area contributed by atoms with Crippen LogP contribution in [0.2, 0.25) is 0 Å². The molecule has 7 nitrogen and oxygen atoms in total. The number of carboxylic acid groups (broad SMARTS) is 1. The minimum absolute atomic E-state index is 0.104. The maximum atomic E-state index is 11.6. The van der Waals surface area contributed by atoms with Crippen molar-refractivity contribution in [3.8, 4) is 0 Å². The van der Waals surface area contributed by atoms with E-state index in [9.17, 15) is 14.4 Å². The molecule has 0 atom stereocenters. The number of carboxylic acids is 1. The molecule has 0 spiro atoms. The topological polar surface area (TPSA) is 105 Å². The van der Waals surface area contributed by atoms with Gasteiger partial charge in [-0.05, 0) is 5.56 Å². The van der Waals surface area contributed by atoms with Gasteiger partial charge in [-0.2, -0.15) is 5.10 Å². The van der Waals surface area contributed by atoms with E-state index in [1.165, 1.54) is 0 Å². The summed E-state index contributed by atoms with van der Waals surface area (Å²) in [6.45, 7) is -0.586. The molecular formula is C12H11N3O4. The first-order valence-electron chi connectivity index (χ1n) is 5.52. The number of aliphatic carboxylic acids is 1. The lowest BCUT2D eigenvalue weighted by Crippen LogP contribution is -2.36. The summed E-state index contributed by atoms with van der Waals surface area (Å²) in [7, 11) is 0. The van der Waals surface area contributed by atoms with Crippen LogP contribution in [0.4, 0.5) is 0 Å². The molecule has 1 aromatic heterocycles. The lowest BCUT2D eigenvalue weighted by molar-refractivity contribution is -0.138. The average molecular weight is 261 g/mol. The first kappa shape index (κ1) is 12.7. The highest BCUT2D eigenvalue weighted by Gasteiger charge is 2.09. The molecule has 0 saturated heterocycles. The van der Waals surface area contributed by atoms with Crippen LogP contribution < -0.4 is 11.2 Å². The van der Waals surface area contributed by atoms with E-state index in [0.29, 0.717) is 0 Å². The Morgan fingerprint density at radius 2 is 1.95 bits per heavy atom. The van der Waals surface area contributed by atoms with Crippen molar-refractivity contribution in [3.63, 3.8) is 0 Å². The number of hydrogen-bond donors (Lipinski definition) is 2. The van der Waals surface area contributed by atoms with Crippen LogP contribution in [-0.2, 0) is 17.8 Å². The van der Waals surface area contributed by atoms with Crippen molar-refractivity contribution in [2.24, 2.45) is 0 Å². The molecule has 7 heteroatoms. The van der Waals surface area contributed by atoms with Crippen LogP contribution >= 0.6 is 0 Å². The molecule has 2 aromatic rings. The minimum Gasteiger partial charge on any atom is -0.480 e. The van der Waals surface area contributed by atoms with Gasteiger partial charge in [0.1, 0.15) is 12.2 Å². The first-order chi connectivity index (χ1) is 9.06. The molecule has 2 rings (SSSR count). The second-order valence-corrected chi connectivity index (χ2v) is 3.92. The summed E-state index contributed by atoms with van der Waals surface area (Å²) < 4.78 is 0.724. The van der Waals surface area contributed by atoms with Crippen molar-refractivity contribution >= 4 is 5.97 Å². The lowest BCUT2D eigenvalue weighted by Gasteiger charge is -2.04. The molecule has 0 unspecified atom stereocenters. The zero-order valence-electron chi connectivity index (χ0n) is 9.87. The van der Waals surface area contributed by atoms with E-state index in [-0.39, 0.29) is 12.1 Å². The number of aromatic amines is 1. The summed E-state index contributed by atoms with van der Waals surface area (Å²) in [5, 5.41) is 12.4. The number of rotatable bonds is 4. The van der Waals surface area contributed by atoms with Crippen LogP contribution in [0, 0.1) is 0 Å². The van der Waals surface area contributed by atoms with E-state index in [4.69, 9.17) is 5.11 Å². The number of H-pyrrole nitrogens is 1. The largest absolute Gasteiger partial charge is 0.480 e. The van der Waals surface area contributed by atoms with Gasteiger partial charge in [0.25, 0.3) is 5.56 Å². The fourth-order valence-corrected chi connectivity index (χ4v) is 1.61. The Bertz CT molecular complexity index is 703. The monoisotopic (exact) mass is 261 g/mol. The highest BCUT2D eigenvalue weighted by atomic mass is 16.4. The highest BCUT2D eigenvalue weighted by molar-refractivity contribution is 5.66. The standard InChI is InChI=1S/C12H11N3O4/c16-10(17)7-15-12(19)13-11(18)9(14-15)6-8-4-2-1-3-5-8/h1-5H,6-7H2,(H,16,17)(H,13,18,19). The van der Waals surface area contributed by atoms with Gasteiger partial charge in [0.2, 0.25) is 0 Å². The van der Waals surface area contributed by atoms with Gasteiger partial charge >= 0.3 is 11.7 Å². The third kappa shape index (κ3) is 3.15. The second kappa shape index (κ2) is 5.30. The number of carbonyl (C=O) groups is 1. The quantitative estimate of drug-likeness (QED) is 0.779. The smallest absolute Gasteiger partial charge is 0.345 e. The molecule has 2 N–H and O–H groups in total. The third-order valence-electron chi connectivity index (χ3n) is 2.46. The molecule has 0 aliphatic rings. The van der Waals surface area contributed by atoms with Gasteiger partial charge in [-0.1, -0.05) is 30.3 Å². The molecule has 0 aliphatic carbocycles. The summed E-state index contributed by atoms with van der Waals surface area (Å²) in [6, 6.07) is 9.10. The minimum atomic E-state index is -1.20. The van der Waals surface area contributed by atoms with Gasteiger partial charge in [0.05, 0.1) is 0 Å². The van der Waals surface area contributed by atoms with E-state index in [1.807, 2.05) is 30.3 Å². The Morgan fingerprint density at radius 3 is 2.58 bits per heavy atom. The van der Waals surface area contributed by atoms with Crippen LogP contribution in [-0.4, -0.2) is 25.8 Å². The van der Waals surface area contributed by atoms with E-state index >= 15 is 0 Å². The fourth-order valence-electron chi connectivity index (χ4n) is 1.61. The average Bonchev–Trinajstić information content (AvgIpc) is 2.36. The van der Waals surface area contributed by atoms with Gasteiger partial charge in [0.15, 0.2) is 0 Å². The van der Waals surface area contributed by atoms with E-state index < -0.39 is 23.8 Å². The number of hydrogen-bond acceptors (Lipinski definition) is 4. The summed E-state index contributed by atoms with van der Waals surface area (Å²) in [4.78, 5) is 35.6. The molecule has 0 saturated carbocycles. The van der Waals surface area contributed by atoms with Gasteiger partial charge in [0, 0.05) is 6.42 Å². The first-order valence-corrected chi connectivity index (χ1v) is 5.52. The van der Waals surface area contributed by atoms with Crippen LogP contribution in [0.5, 0.6) is 0 Å². The number of benzene rings is 1. The lowest BCUT2D eigenvalue weighted by atomic mass is 10.1. The summed E-state index contributed by atoms with van der Waals surface area (Å²) in [6.07, 6.45) is 0.232. The van der Waals surface area contributed by atoms with Gasteiger partial charge < -0.3 is 5.11 Å². The summed E-state index contributed by atoms with van der Waals surface area (Å²) in [5.74, 6) is -1.20. The van der Waals surface area contributed by atoms with Crippen LogP contribution in [0.1, 0.15) is 11.3 Å². The normalized spacial score (nSPS) is 10.3. The Labute approximate surface area is 107 Å². The predicted octanol–water partition coefficient (Wildman–Crippen LogP) is -0.393. The molecule has 0 fully saturated rings. The molecule has 0 radical (unpaired) electrons. The maximum absolute atomic E-state index is 11.6. The maximum Gasteiger partial charge on any atom is 0.345 e. The van der Waals surface area contributed by atoms with Crippen LogP contribution in [0.15, 0.2) is 39.9 Å². The molecule has 1 heterocycles. The van der Waals surface area contributed by atoms with Crippen molar-refractivity contribution in [3.05, 3.63) is 62.4 Å². The zero-order chi connectivity index (χ0) is 13.8. The molecule has 19 heavy (non-hydrogen) atoms. The SMILES string of the molecule is O=C(O)Cn1nc(Cc2ccccc2)c(=O)[nH]c1=O. The van der Waals surface area contributed by atoms with Crippen LogP contribution in [0.25, 0.3) is 0 Å². The number of nitrogens with one attached hydrogen (secondary N) is 1. The third-order valence-corrected chi connectivity index (χ3v) is 2.46. The van der Waals surface area contributed by atoms with Gasteiger partial charge in [-0.3, -0.25) is 14.6 Å². The molecule has 0 bridgehead atoms. The van der Waals surface area contributed by atoms with Crippen molar-refractivity contribution in [1.29, 1.82) is 0 Å². The van der Waals surface area contributed by atoms with Gasteiger partial charge in [-0.25, -0.2) is 9.48 Å². The molecule has 98 valence electrons. The molecule has 0 aliphatic heterocycles. The summed E-state index contributed by atoms with van der Waals surface area (Å²) >= 11 is 0. The molecule has 0 amide bonds. The van der Waals surface area contributed by atoms with Crippen molar-refractivity contribution in [2.45, 2.75) is 13.0 Å². The van der Waals surface area contributed by atoms with Crippen LogP contribution in [0.3, 0.4) is 0 Å². The van der Waals surface area contributed by atoms with Gasteiger partial charge in [-0.15, -0.1) is 0 Å². The second-order valence-electron chi connectivity index (χ2n) is 3.92. The Morgan fingerprint density at radius 1 is 1.26 bits per heavy atom. The Hall–Kier alpha value is -2.70. The van der Waals surface area contributed by atoms with E-state index in [2.05, 4.69) is 10.1 Å². The highest BCUT2D eigenvalue weighted by Crippen LogP contribution is 2.02. The van der Waals surface area contributed by atoms with Crippen molar-refractivity contribution < 1.29 is 9.90 Å². The Balaban J connectivity index is 2.38. The summed E-state index contributed by atoms with van der Waals surface area (Å²) in [5.41, 5.74) is -0.479. The number of aromatic nitrogens is 3. The zero-order valence-corrected chi connectivity index (χ0v) is 9.87. The van der Waals surface area contributed by atoms with E-state index in [1.54, 1.807) is 0 Å². The fraction of sp³-hybridized carbons (Fsp3) is 0.167. The van der Waals surface area contributed by atoms with E-state index in [0.717, 1.165) is 10.2 Å². The Kier molecular flexibility index (Phi) is 3.56. The predicted molar refractivity (Wildman–Crippen MR) is 66.0 cm³/mol. The molecular weight excluding hydrogens is 250 g/mol. The van der Waals surface area contributed by atoms with Crippen molar-refractivity contribution in [1.82, 2.24) is 14.8 Å².